The lowest BCUT2D eigenvalue weighted by Gasteiger charge is -2.17. The Balaban J connectivity index is 2.24. The van der Waals surface area contributed by atoms with Crippen molar-refractivity contribution in [2.75, 3.05) is 18.9 Å². The number of aromatic nitrogens is 2. The van der Waals surface area contributed by atoms with Crippen LogP contribution < -0.4 is 15.2 Å². The zero-order chi connectivity index (χ0) is 14.1. The smallest absolute Gasteiger partial charge is 0.165 e. The third-order valence-electron chi connectivity index (χ3n) is 3.38. The topological polar surface area (TPSA) is 73.2 Å². The fourth-order valence-corrected chi connectivity index (χ4v) is 3.12. The van der Waals surface area contributed by atoms with Gasteiger partial charge >= 0.3 is 0 Å². The quantitative estimate of drug-likeness (QED) is 0.882. The molecule has 0 amide bonds. The number of benzene rings is 1. The summed E-state index contributed by atoms with van der Waals surface area (Å²) >= 11 is 3.62. The van der Waals surface area contributed by atoms with E-state index in [0.717, 1.165) is 45.5 Å². The van der Waals surface area contributed by atoms with E-state index in [0.29, 0.717) is 19.0 Å². The van der Waals surface area contributed by atoms with Gasteiger partial charge in [-0.2, -0.15) is 5.10 Å². The maximum atomic E-state index is 5.96. The van der Waals surface area contributed by atoms with E-state index in [1.54, 1.807) is 6.20 Å². The molecule has 3 rings (SSSR count). The molecule has 0 atom stereocenters. The molecule has 0 unspecified atom stereocenters. The minimum Gasteiger partial charge on any atom is -0.490 e. The van der Waals surface area contributed by atoms with Crippen molar-refractivity contribution in [2.45, 2.75) is 19.8 Å². The minimum atomic E-state index is 0.551. The number of ether oxygens (including phenoxy) is 2. The highest BCUT2D eigenvalue weighted by Gasteiger charge is 2.22. The second kappa shape index (κ2) is 5.36. The number of anilines is 1. The van der Waals surface area contributed by atoms with Crippen LogP contribution in [0.25, 0.3) is 11.1 Å². The van der Waals surface area contributed by atoms with Crippen molar-refractivity contribution < 1.29 is 9.47 Å². The van der Waals surface area contributed by atoms with Gasteiger partial charge in [-0.15, -0.1) is 0 Å². The number of hydrogen-bond acceptors (Lipinski definition) is 4. The molecular formula is C14H16BrN3O2. The van der Waals surface area contributed by atoms with Gasteiger partial charge in [0, 0.05) is 27.6 Å². The Hall–Kier alpha value is -1.69. The van der Waals surface area contributed by atoms with E-state index in [1.807, 2.05) is 6.07 Å². The van der Waals surface area contributed by atoms with Gasteiger partial charge in [-0.3, -0.25) is 5.10 Å². The molecule has 20 heavy (non-hydrogen) atoms. The summed E-state index contributed by atoms with van der Waals surface area (Å²) in [4.78, 5) is 0. The van der Waals surface area contributed by atoms with Gasteiger partial charge in [0.05, 0.1) is 19.4 Å². The molecule has 106 valence electrons. The molecule has 0 bridgehead atoms. The Bertz CT molecular complexity index is 640. The van der Waals surface area contributed by atoms with Crippen molar-refractivity contribution in [2.24, 2.45) is 0 Å². The highest BCUT2D eigenvalue weighted by Crippen LogP contribution is 2.45. The first kappa shape index (κ1) is 13.3. The molecule has 0 spiro atoms. The van der Waals surface area contributed by atoms with E-state index >= 15 is 0 Å². The number of nitrogens with one attached hydrogen (secondary N) is 1. The number of H-pyrrole nitrogens is 1. The maximum absolute atomic E-state index is 5.96. The minimum absolute atomic E-state index is 0.551. The predicted octanol–water partition coefficient (Wildman–Crippen LogP) is 3.15. The molecule has 0 saturated carbocycles. The number of nitrogen functional groups attached to an aromatic ring is 1. The van der Waals surface area contributed by atoms with Crippen molar-refractivity contribution in [3.63, 3.8) is 0 Å². The summed E-state index contributed by atoms with van der Waals surface area (Å²) in [7, 11) is 0. The number of nitrogens with two attached hydrogens (primary N) is 1. The van der Waals surface area contributed by atoms with Crippen LogP contribution in [0, 0.1) is 0 Å². The average molecular weight is 338 g/mol. The Morgan fingerprint density at radius 3 is 2.90 bits per heavy atom. The van der Waals surface area contributed by atoms with Crippen LogP contribution in [0.15, 0.2) is 16.7 Å². The fraction of sp³-hybridized carbons (Fsp3) is 0.357. The van der Waals surface area contributed by atoms with Gasteiger partial charge in [0.15, 0.2) is 11.5 Å². The number of rotatable bonds is 2. The zero-order valence-electron chi connectivity index (χ0n) is 11.2. The molecule has 0 radical (unpaired) electrons. The molecule has 1 aliphatic heterocycles. The Morgan fingerprint density at radius 1 is 1.40 bits per heavy atom. The highest BCUT2D eigenvalue weighted by atomic mass is 79.9. The van der Waals surface area contributed by atoms with Gasteiger partial charge in [-0.1, -0.05) is 6.92 Å². The summed E-state index contributed by atoms with van der Waals surface area (Å²) in [5.74, 6) is 2.16. The molecule has 6 heteroatoms. The standard InChI is InChI=1S/C14H16BrN3O2/c1-2-8-12(9-7-17-18-14(9)16)10(15)6-11-13(8)20-5-3-4-19-11/h6-7H,2-5H2,1H3,(H3,16,17,18). The van der Waals surface area contributed by atoms with E-state index in [2.05, 4.69) is 33.1 Å². The van der Waals surface area contributed by atoms with Crippen molar-refractivity contribution in [3.8, 4) is 22.6 Å². The predicted molar refractivity (Wildman–Crippen MR) is 81.1 cm³/mol. The number of aromatic amines is 1. The van der Waals surface area contributed by atoms with Crippen LogP contribution in [0.3, 0.4) is 0 Å². The molecule has 0 saturated heterocycles. The van der Waals surface area contributed by atoms with Crippen LogP contribution in [0.2, 0.25) is 0 Å². The van der Waals surface area contributed by atoms with Gasteiger partial charge in [-0.25, -0.2) is 0 Å². The molecule has 5 nitrogen and oxygen atoms in total. The van der Waals surface area contributed by atoms with Crippen molar-refractivity contribution in [1.82, 2.24) is 10.2 Å². The Morgan fingerprint density at radius 2 is 2.20 bits per heavy atom. The number of halogens is 1. The number of fused-ring (bicyclic) bond motifs is 1. The van der Waals surface area contributed by atoms with Crippen molar-refractivity contribution in [1.29, 1.82) is 0 Å². The van der Waals surface area contributed by atoms with Crippen LogP contribution in [0.1, 0.15) is 18.9 Å². The largest absolute Gasteiger partial charge is 0.490 e. The van der Waals surface area contributed by atoms with Gasteiger partial charge in [0.2, 0.25) is 0 Å². The normalized spacial score (nSPS) is 14.1. The third-order valence-corrected chi connectivity index (χ3v) is 4.01. The molecule has 2 heterocycles. The summed E-state index contributed by atoms with van der Waals surface area (Å²) in [6, 6.07) is 1.95. The van der Waals surface area contributed by atoms with Gasteiger partial charge < -0.3 is 15.2 Å². The summed E-state index contributed by atoms with van der Waals surface area (Å²) in [6.45, 7) is 3.44. The average Bonchev–Trinajstić information content (AvgIpc) is 2.71. The molecule has 3 N–H and O–H groups in total. The van der Waals surface area contributed by atoms with Gasteiger partial charge in [-0.05, 0) is 28.4 Å². The fourth-order valence-electron chi connectivity index (χ4n) is 2.46. The molecule has 0 aliphatic carbocycles. The molecule has 2 aromatic rings. The van der Waals surface area contributed by atoms with Crippen LogP contribution in [-0.4, -0.2) is 23.4 Å². The summed E-state index contributed by atoms with van der Waals surface area (Å²) in [5.41, 5.74) is 8.94. The van der Waals surface area contributed by atoms with E-state index in [4.69, 9.17) is 15.2 Å². The zero-order valence-corrected chi connectivity index (χ0v) is 12.8. The first-order valence-electron chi connectivity index (χ1n) is 6.62. The highest BCUT2D eigenvalue weighted by molar-refractivity contribution is 9.10. The van der Waals surface area contributed by atoms with E-state index in [-0.39, 0.29) is 0 Å². The van der Waals surface area contributed by atoms with Crippen LogP contribution in [0.4, 0.5) is 5.82 Å². The second-order valence-corrected chi connectivity index (χ2v) is 5.49. The summed E-state index contributed by atoms with van der Waals surface area (Å²) in [5, 5.41) is 6.78. The van der Waals surface area contributed by atoms with Crippen LogP contribution >= 0.6 is 15.9 Å². The molecule has 1 aromatic carbocycles. The summed E-state index contributed by atoms with van der Waals surface area (Å²) < 4.78 is 12.6. The lowest BCUT2D eigenvalue weighted by atomic mass is 9.98. The maximum Gasteiger partial charge on any atom is 0.165 e. The van der Waals surface area contributed by atoms with E-state index < -0.39 is 0 Å². The Labute approximate surface area is 125 Å². The summed E-state index contributed by atoms with van der Waals surface area (Å²) in [6.07, 6.45) is 3.45. The number of nitrogens with zero attached hydrogens (tertiary/aromatic N) is 1. The van der Waals surface area contributed by atoms with E-state index in [9.17, 15) is 0 Å². The number of hydrogen-bond donors (Lipinski definition) is 2. The molecule has 0 fully saturated rings. The first-order chi connectivity index (χ1) is 9.72. The van der Waals surface area contributed by atoms with Gasteiger partial charge in [0.25, 0.3) is 0 Å². The molecular weight excluding hydrogens is 322 g/mol. The lowest BCUT2D eigenvalue weighted by Crippen LogP contribution is -2.00. The third kappa shape index (κ3) is 2.14. The molecule has 1 aromatic heterocycles. The SMILES string of the molecule is CCc1c2c(cc(Br)c1-c1cn[nH]c1N)OCCCO2. The lowest BCUT2D eigenvalue weighted by molar-refractivity contribution is 0.296. The van der Waals surface area contributed by atoms with Crippen LogP contribution in [-0.2, 0) is 6.42 Å². The first-order valence-corrected chi connectivity index (χ1v) is 7.41. The molecule has 1 aliphatic rings. The van der Waals surface area contributed by atoms with Gasteiger partial charge in [0.1, 0.15) is 5.82 Å². The van der Waals surface area contributed by atoms with Crippen LogP contribution in [0.5, 0.6) is 11.5 Å². The second-order valence-electron chi connectivity index (χ2n) is 4.64. The van der Waals surface area contributed by atoms with Crippen molar-refractivity contribution >= 4 is 21.7 Å². The monoisotopic (exact) mass is 337 g/mol. The van der Waals surface area contributed by atoms with E-state index in [1.165, 1.54) is 0 Å². The Kier molecular flexibility index (Phi) is 3.56. The van der Waals surface area contributed by atoms with Crippen molar-refractivity contribution in [3.05, 3.63) is 22.3 Å².